The highest BCUT2D eigenvalue weighted by Crippen LogP contribution is 2.44. The first-order valence-corrected chi connectivity index (χ1v) is 10.2. The molecule has 0 saturated heterocycles. The number of para-hydroxylation sites is 1. The summed E-state index contributed by atoms with van der Waals surface area (Å²) in [5.74, 6) is 0.235. The van der Waals surface area contributed by atoms with Gasteiger partial charge in [0.15, 0.2) is 22.9 Å². The van der Waals surface area contributed by atoms with Crippen LogP contribution in [0.4, 0.5) is 5.69 Å². The summed E-state index contributed by atoms with van der Waals surface area (Å²) in [6.45, 7) is 1.19. The van der Waals surface area contributed by atoms with E-state index in [1.54, 1.807) is 41.3 Å². The molecule has 6 heteroatoms. The van der Waals surface area contributed by atoms with Crippen molar-refractivity contribution in [2.24, 2.45) is 0 Å². The van der Waals surface area contributed by atoms with Crippen LogP contribution >= 0.6 is 0 Å². The third-order valence-electron chi connectivity index (χ3n) is 5.70. The second-order valence-electron chi connectivity index (χ2n) is 7.71. The van der Waals surface area contributed by atoms with Gasteiger partial charge in [-0.15, -0.1) is 0 Å². The largest absolute Gasteiger partial charge is 0.486 e. The maximum absolute atomic E-state index is 13.4. The van der Waals surface area contributed by atoms with Crippen LogP contribution in [-0.2, 0) is 16.9 Å². The van der Waals surface area contributed by atoms with E-state index in [0.717, 1.165) is 5.56 Å². The van der Waals surface area contributed by atoms with E-state index in [1.165, 1.54) is 0 Å². The number of aliphatic hydroxyl groups is 1. The molecule has 3 aromatic carbocycles. The van der Waals surface area contributed by atoms with Crippen molar-refractivity contribution in [1.29, 1.82) is 0 Å². The first-order valence-electron chi connectivity index (χ1n) is 10.2. The predicted molar refractivity (Wildman–Crippen MR) is 114 cm³/mol. The molecule has 156 valence electrons. The predicted octanol–water partition coefficient (Wildman–Crippen LogP) is 3.47. The summed E-state index contributed by atoms with van der Waals surface area (Å²) in [5.41, 5.74) is 0.448. The van der Waals surface area contributed by atoms with E-state index >= 15 is 0 Å². The Morgan fingerprint density at radius 2 is 1.65 bits per heavy atom. The van der Waals surface area contributed by atoms with Gasteiger partial charge in [0.25, 0.3) is 5.91 Å². The van der Waals surface area contributed by atoms with Gasteiger partial charge >= 0.3 is 0 Å². The van der Waals surface area contributed by atoms with Gasteiger partial charge in [0.2, 0.25) is 0 Å². The lowest BCUT2D eigenvalue weighted by molar-refractivity contribution is -0.136. The van der Waals surface area contributed by atoms with Gasteiger partial charge in [0.05, 0.1) is 18.7 Å². The van der Waals surface area contributed by atoms with Crippen molar-refractivity contribution in [3.05, 3.63) is 89.5 Å². The lowest BCUT2D eigenvalue weighted by Gasteiger charge is -2.23. The zero-order chi connectivity index (χ0) is 21.4. The van der Waals surface area contributed by atoms with E-state index in [4.69, 9.17) is 9.47 Å². The lowest BCUT2D eigenvalue weighted by Crippen LogP contribution is -2.41. The van der Waals surface area contributed by atoms with Crippen LogP contribution in [0.2, 0.25) is 0 Å². The Balaban J connectivity index is 1.45. The van der Waals surface area contributed by atoms with Crippen molar-refractivity contribution >= 4 is 17.4 Å². The minimum Gasteiger partial charge on any atom is -0.486 e. The maximum atomic E-state index is 13.4. The monoisotopic (exact) mass is 415 g/mol. The quantitative estimate of drug-likeness (QED) is 0.646. The van der Waals surface area contributed by atoms with Crippen LogP contribution in [0.25, 0.3) is 0 Å². The Hall–Kier alpha value is -3.64. The third-order valence-corrected chi connectivity index (χ3v) is 5.70. The van der Waals surface area contributed by atoms with Gasteiger partial charge in [-0.05, 0) is 29.8 Å². The van der Waals surface area contributed by atoms with Gasteiger partial charge in [0.1, 0.15) is 13.2 Å². The Morgan fingerprint density at radius 1 is 0.935 bits per heavy atom. The Labute approximate surface area is 179 Å². The number of ether oxygens (including phenoxy) is 2. The number of ketones is 1. The molecule has 2 heterocycles. The molecule has 3 aromatic rings. The van der Waals surface area contributed by atoms with Crippen LogP contribution in [-0.4, -0.2) is 30.0 Å². The normalized spacial score (nSPS) is 19.3. The standard InChI is InChI=1S/C25H21NO5/c27-21(18-10-11-22-23(14-18)31-13-12-30-22)15-25(29)19-8-4-5-9-20(19)26(24(25)28)16-17-6-2-1-3-7-17/h1-11,14,29H,12-13,15-16H2. The van der Waals surface area contributed by atoms with Gasteiger partial charge in [-0.1, -0.05) is 48.5 Å². The number of fused-ring (bicyclic) bond motifs is 2. The van der Waals surface area contributed by atoms with Gasteiger partial charge in [-0.2, -0.15) is 0 Å². The summed E-state index contributed by atoms with van der Waals surface area (Å²) >= 11 is 0. The second kappa shape index (κ2) is 7.56. The molecule has 1 unspecified atom stereocenters. The van der Waals surface area contributed by atoms with Gasteiger partial charge < -0.3 is 19.5 Å². The van der Waals surface area contributed by atoms with Crippen molar-refractivity contribution in [2.75, 3.05) is 18.1 Å². The number of carbonyl (C=O) groups excluding carboxylic acids is 2. The summed E-state index contributed by atoms with van der Waals surface area (Å²) in [4.78, 5) is 28.0. The number of carbonyl (C=O) groups is 2. The molecule has 31 heavy (non-hydrogen) atoms. The molecular weight excluding hydrogens is 394 g/mol. The minimum atomic E-state index is -1.92. The van der Waals surface area contributed by atoms with Crippen molar-refractivity contribution in [3.63, 3.8) is 0 Å². The molecule has 0 radical (unpaired) electrons. The molecule has 0 aromatic heterocycles. The zero-order valence-corrected chi connectivity index (χ0v) is 16.8. The first-order chi connectivity index (χ1) is 15.1. The Bertz CT molecular complexity index is 1160. The number of hydrogen-bond donors (Lipinski definition) is 1. The number of nitrogens with zero attached hydrogens (tertiary/aromatic N) is 1. The molecular formula is C25H21NO5. The summed E-state index contributed by atoms with van der Waals surface area (Å²) in [6.07, 6.45) is -0.353. The highest BCUT2D eigenvalue weighted by molar-refractivity contribution is 6.10. The van der Waals surface area contributed by atoms with Crippen LogP contribution in [0, 0.1) is 0 Å². The summed E-state index contributed by atoms with van der Waals surface area (Å²) in [5, 5.41) is 11.5. The van der Waals surface area contributed by atoms with Crippen molar-refractivity contribution in [2.45, 2.75) is 18.6 Å². The van der Waals surface area contributed by atoms with Gasteiger partial charge in [-0.25, -0.2) is 0 Å². The number of rotatable bonds is 5. The van der Waals surface area contributed by atoms with Crippen LogP contribution < -0.4 is 14.4 Å². The Kier molecular flexibility index (Phi) is 4.71. The number of anilines is 1. The molecule has 0 bridgehead atoms. The fraction of sp³-hybridized carbons (Fsp3) is 0.200. The van der Waals surface area contributed by atoms with Crippen molar-refractivity contribution in [3.8, 4) is 11.5 Å². The van der Waals surface area contributed by atoms with E-state index in [9.17, 15) is 14.7 Å². The molecule has 0 aliphatic carbocycles. The third kappa shape index (κ3) is 3.35. The second-order valence-corrected chi connectivity index (χ2v) is 7.71. The molecule has 5 rings (SSSR count). The van der Waals surface area contributed by atoms with Crippen LogP contribution in [0.1, 0.15) is 27.9 Å². The summed E-state index contributed by atoms with van der Waals surface area (Å²) in [7, 11) is 0. The molecule has 0 spiro atoms. The molecule has 6 nitrogen and oxygen atoms in total. The molecule has 1 atom stereocenters. The summed E-state index contributed by atoms with van der Waals surface area (Å²) in [6, 6.07) is 21.6. The molecule has 0 saturated carbocycles. The molecule has 1 N–H and O–H groups in total. The average Bonchev–Trinajstić information content (AvgIpc) is 3.01. The topological polar surface area (TPSA) is 76.1 Å². The fourth-order valence-corrected chi connectivity index (χ4v) is 4.15. The van der Waals surface area contributed by atoms with Crippen LogP contribution in [0.3, 0.4) is 0 Å². The average molecular weight is 415 g/mol. The van der Waals surface area contributed by atoms with Gasteiger partial charge in [-0.3, -0.25) is 9.59 Å². The minimum absolute atomic E-state index is 0.317. The molecule has 2 aliphatic rings. The lowest BCUT2D eigenvalue weighted by atomic mass is 9.88. The van der Waals surface area contributed by atoms with E-state index in [2.05, 4.69) is 0 Å². The van der Waals surface area contributed by atoms with E-state index in [1.807, 2.05) is 36.4 Å². The number of amides is 1. The SMILES string of the molecule is O=C(CC1(O)C(=O)N(Cc2ccccc2)c2ccccc21)c1ccc2c(c1)OCCO2. The van der Waals surface area contributed by atoms with Crippen molar-refractivity contribution < 1.29 is 24.2 Å². The maximum Gasteiger partial charge on any atom is 0.264 e. The zero-order valence-electron chi connectivity index (χ0n) is 16.8. The van der Waals surface area contributed by atoms with Crippen molar-refractivity contribution in [1.82, 2.24) is 0 Å². The first kappa shape index (κ1) is 19.3. The molecule has 0 fully saturated rings. The highest BCUT2D eigenvalue weighted by Gasteiger charge is 2.50. The number of Topliss-reactive ketones (excluding diaryl/α,β-unsaturated/α-hetero) is 1. The highest BCUT2D eigenvalue weighted by atomic mass is 16.6. The molecule has 2 aliphatic heterocycles. The Morgan fingerprint density at radius 3 is 2.45 bits per heavy atom. The number of hydrogen-bond acceptors (Lipinski definition) is 5. The van der Waals surface area contributed by atoms with Crippen LogP contribution in [0.5, 0.6) is 11.5 Å². The summed E-state index contributed by atoms with van der Waals surface area (Å²) < 4.78 is 11.1. The van der Waals surface area contributed by atoms with Gasteiger partial charge in [0, 0.05) is 11.1 Å². The van der Waals surface area contributed by atoms with E-state index in [0.29, 0.717) is 48.1 Å². The van der Waals surface area contributed by atoms with Crippen LogP contribution in [0.15, 0.2) is 72.8 Å². The fourth-order valence-electron chi connectivity index (χ4n) is 4.15. The number of benzene rings is 3. The van der Waals surface area contributed by atoms with E-state index in [-0.39, 0.29) is 12.2 Å². The smallest absolute Gasteiger partial charge is 0.264 e. The van der Waals surface area contributed by atoms with E-state index < -0.39 is 11.5 Å². The molecule has 1 amide bonds.